The molecule has 21 heavy (non-hydrogen) atoms. The Morgan fingerprint density at radius 1 is 1.24 bits per heavy atom. The van der Waals surface area contributed by atoms with Crippen LogP contribution in [-0.2, 0) is 6.54 Å². The van der Waals surface area contributed by atoms with Crippen molar-refractivity contribution < 1.29 is 4.74 Å². The summed E-state index contributed by atoms with van der Waals surface area (Å²) in [4.78, 5) is 8.87. The maximum absolute atomic E-state index is 5.99. The van der Waals surface area contributed by atoms with Crippen molar-refractivity contribution in [3.05, 3.63) is 46.0 Å². The number of hydrogen-bond donors (Lipinski definition) is 1. The van der Waals surface area contributed by atoms with Gasteiger partial charge in [0, 0.05) is 18.5 Å². The third kappa shape index (κ3) is 4.06. The minimum absolute atomic E-state index is 0.264. The minimum Gasteiger partial charge on any atom is -0.454 e. The van der Waals surface area contributed by atoms with Gasteiger partial charge in [-0.15, -0.1) is 0 Å². The Hall–Kier alpha value is -1.36. The first-order valence-corrected chi connectivity index (χ1v) is 7.40. The van der Waals surface area contributed by atoms with E-state index < -0.39 is 0 Å². The normalized spacial score (nSPS) is 11.0. The Balaban J connectivity index is 2.31. The van der Waals surface area contributed by atoms with E-state index in [-0.39, 0.29) is 5.92 Å². The van der Waals surface area contributed by atoms with E-state index in [1.807, 2.05) is 7.05 Å². The van der Waals surface area contributed by atoms with Crippen LogP contribution in [0.25, 0.3) is 0 Å². The molecule has 0 bridgehead atoms. The molecule has 0 saturated heterocycles. The van der Waals surface area contributed by atoms with Crippen LogP contribution in [0.3, 0.4) is 0 Å². The molecule has 2 rings (SSSR count). The number of nitrogens with zero attached hydrogens (tertiary/aromatic N) is 2. The van der Waals surface area contributed by atoms with Crippen molar-refractivity contribution in [3.8, 4) is 11.5 Å². The zero-order valence-electron chi connectivity index (χ0n) is 12.2. The molecule has 0 amide bonds. The van der Waals surface area contributed by atoms with E-state index in [2.05, 4.69) is 29.1 Å². The van der Waals surface area contributed by atoms with E-state index in [1.54, 1.807) is 24.4 Å². The lowest BCUT2D eigenvalue weighted by Crippen LogP contribution is -2.11. The molecule has 0 aliphatic heterocycles. The van der Waals surface area contributed by atoms with Crippen LogP contribution in [0.15, 0.2) is 24.4 Å². The van der Waals surface area contributed by atoms with Gasteiger partial charge in [-0.2, -0.15) is 0 Å². The summed E-state index contributed by atoms with van der Waals surface area (Å²) in [6, 6.07) is 5.12. The van der Waals surface area contributed by atoms with Crippen molar-refractivity contribution in [2.75, 3.05) is 7.05 Å². The monoisotopic (exact) mass is 325 g/mol. The minimum atomic E-state index is 0.264. The Kier molecular flexibility index (Phi) is 5.39. The first-order valence-electron chi connectivity index (χ1n) is 6.64. The zero-order valence-corrected chi connectivity index (χ0v) is 13.7. The zero-order chi connectivity index (χ0) is 15.4. The van der Waals surface area contributed by atoms with Crippen molar-refractivity contribution in [3.63, 3.8) is 0 Å². The summed E-state index contributed by atoms with van der Waals surface area (Å²) in [7, 11) is 1.86. The van der Waals surface area contributed by atoms with E-state index in [9.17, 15) is 0 Å². The highest BCUT2D eigenvalue weighted by Crippen LogP contribution is 2.30. The fourth-order valence-corrected chi connectivity index (χ4v) is 2.03. The van der Waals surface area contributed by atoms with Gasteiger partial charge in [0.2, 0.25) is 0 Å². The third-order valence-electron chi connectivity index (χ3n) is 2.83. The number of nitrogens with one attached hydrogen (secondary N) is 1. The first kappa shape index (κ1) is 16.0. The van der Waals surface area contributed by atoms with Gasteiger partial charge in [-0.05, 0) is 19.2 Å². The number of ether oxygens (including phenoxy) is 1. The maximum atomic E-state index is 5.99. The predicted molar refractivity (Wildman–Crippen MR) is 85.4 cm³/mol. The van der Waals surface area contributed by atoms with E-state index in [0.29, 0.717) is 28.1 Å². The van der Waals surface area contributed by atoms with Crippen LogP contribution in [-0.4, -0.2) is 17.0 Å². The molecule has 1 heterocycles. The number of hydrogen-bond acceptors (Lipinski definition) is 4. The summed E-state index contributed by atoms with van der Waals surface area (Å²) < 4.78 is 5.82. The van der Waals surface area contributed by atoms with Crippen LogP contribution in [0, 0.1) is 0 Å². The van der Waals surface area contributed by atoms with E-state index in [0.717, 1.165) is 11.5 Å². The molecule has 0 unspecified atom stereocenters. The van der Waals surface area contributed by atoms with Gasteiger partial charge in [-0.3, -0.25) is 0 Å². The van der Waals surface area contributed by atoms with Gasteiger partial charge in [0.15, 0.2) is 5.75 Å². The second-order valence-electron chi connectivity index (χ2n) is 4.90. The van der Waals surface area contributed by atoms with Crippen LogP contribution in [0.5, 0.6) is 11.5 Å². The molecule has 112 valence electrons. The van der Waals surface area contributed by atoms with Crippen molar-refractivity contribution in [2.45, 2.75) is 26.3 Å². The van der Waals surface area contributed by atoms with E-state index in [1.165, 1.54) is 0 Å². The van der Waals surface area contributed by atoms with Gasteiger partial charge in [0.05, 0.1) is 16.2 Å². The highest BCUT2D eigenvalue weighted by Gasteiger charge is 2.11. The smallest absolute Gasteiger partial charge is 0.168 e. The van der Waals surface area contributed by atoms with Crippen LogP contribution in [0.2, 0.25) is 10.0 Å². The molecule has 0 fully saturated rings. The molecule has 0 atom stereocenters. The average molecular weight is 326 g/mol. The fraction of sp³-hybridized carbons (Fsp3) is 0.333. The summed E-state index contributed by atoms with van der Waals surface area (Å²) in [6.07, 6.45) is 1.69. The number of aromatic nitrogens is 2. The molecule has 1 aromatic heterocycles. The standard InChI is InChI=1S/C15H17Cl2N3O/c1-9(2)15-19-8-14(13(20-15)7-18-3)21-10-4-5-11(16)12(17)6-10/h4-6,8-9,18H,7H2,1-3H3. The lowest BCUT2D eigenvalue weighted by atomic mass is 10.2. The molecule has 1 aromatic carbocycles. The quantitative estimate of drug-likeness (QED) is 0.883. The topological polar surface area (TPSA) is 47.0 Å². The van der Waals surface area contributed by atoms with Gasteiger partial charge in [0.25, 0.3) is 0 Å². The van der Waals surface area contributed by atoms with Gasteiger partial charge < -0.3 is 10.1 Å². The molecule has 4 nitrogen and oxygen atoms in total. The molecular weight excluding hydrogens is 309 g/mol. The molecule has 0 aliphatic rings. The van der Waals surface area contributed by atoms with E-state index in [4.69, 9.17) is 27.9 Å². The molecule has 1 N–H and O–H groups in total. The highest BCUT2D eigenvalue weighted by molar-refractivity contribution is 6.42. The molecule has 0 saturated carbocycles. The Morgan fingerprint density at radius 3 is 2.62 bits per heavy atom. The fourth-order valence-electron chi connectivity index (χ4n) is 1.75. The van der Waals surface area contributed by atoms with Gasteiger partial charge in [0.1, 0.15) is 17.3 Å². The second kappa shape index (κ2) is 7.07. The molecule has 6 heteroatoms. The molecule has 0 radical (unpaired) electrons. The molecule has 0 aliphatic carbocycles. The highest BCUT2D eigenvalue weighted by atomic mass is 35.5. The van der Waals surface area contributed by atoms with Crippen LogP contribution in [0.1, 0.15) is 31.3 Å². The largest absolute Gasteiger partial charge is 0.454 e. The summed E-state index contributed by atoms with van der Waals surface area (Å²) in [5, 5.41) is 4.02. The predicted octanol–water partition coefficient (Wildman–Crippen LogP) is 4.42. The third-order valence-corrected chi connectivity index (χ3v) is 3.57. The van der Waals surface area contributed by atoms with Crippen molar-refractivity contribution in [1.29, 1.82) is 0 Å². The van der Waals surface area contributed by atoms with Gasteiger partial charge in [-0.1, -0.05) is 37.0 Å². The van der Waals surface area contributed by atoms with Crippen molar-refractivity contribution in [2.24, 2.45) is 0 Å². The first-order chi connectivity index (χ1) is 10.0. The van der Waals surface area contributed by atoms with Crippen molar-refractivity contribution in [1.82, 2.24) is 15.3 Å². The summed E-state index contributed by atoms with van der Waals surface area (Å²) in [6.45, 7) is 4.70. The maximum Gasteiger partial charge on any atom is 0.168 e. The summed E-state index contributed by atoms with van der Waals surface area (Å²) in [5.74, 6) is 2.26. The van der Waals surface area contributed by atoms with Crippen LogP contribution in [0.4, 0.5) is 0 Å². The summed E-state index contributed by atoms with van der Waals surface area (Å²) in [5.41, 5.74) is 0.808. The Morgan fingerprint density at radius 2 is 2.00 bits per heavy atom. The second-order valence-corrected chi connectivity index (χ2v) is 5.72. The lowest BCUT2D eigenvalue weighted by molar-refractivity contribution is 0.464. The van der Waals surface area contributed by atoms with Gasteiger partial charge in [-0.25, -0.2) is 9.97 Å². The van der Waals surface area contributed by atoms with E-state index >= 15 is 0 Å². The lowest BCUT2D eigenvalue weighted by Gasteiger charge is -2.13. The summed E-state index contributed by atoms with van der Waals surface area (Å²) >= 11 is 11.9. The van der Waals surface area contributed by atoms with Crippen LogP contribution >= 0.6 is 23.2 Å². The molecule has 0 spiro atoms. The van der Waals surface area contributed by atoms with Crippen molar-refractivity contribution >= 4 is 23.2 Å². The number of benzene rings is 1. The molecular formula is C15H17Cl2N3O. The van der Waals surface area contributed by atoms with Crippen LogP contribution < -0.4 is 10.1 Å². The average Bonchev–Trinajstić information content (AvgIpc) is 2.45. The van der Waals surface area contributed by atoms with Gasteiger partial charge >= 0.3 is 0 Å². The Bertz CT molecular complexity index is 632. The number of halogens is 2. The molecule has 2 aromatic rings. The number of rotatable bonds is 5. The SMILES string of the molecule is CNCc1nc(C(C)C)ncc1Oc1ccc(Cl)c(Cl)c1. The Labute approximate surface area is 134 Å².